The number of hydrogen-bond donors (Lipinski definition) is 0. The third kappa shape index (κ3) is 4.83. The molecule has 0 radical (unpaired) electrons. The van der Waals surface area contributed by atoms with E-state index in [9.17, 15) is 4.79 Å². The summed E-state index contributed by atoms with van der Waals surface area (Å²) in [5.74, 6) is 1.66. The molecule has 0 atom stereocenters. The molecule has 1 aliphatic heterocycles. The molecule has 1 aliphatic rings. The molecule has 4 aromatic rings. The van der Waals surface area contributed by atoms with Gasteiger partial charge < -0.3 is 23.7 Å². The number of pyridine rings is 1. The largest absolute Gasteiger partial charge is 0.487 e. The Morgan fingerprint density at radius 3 is 2.70 bits per heavy atom. The molecule has 0 unspecified atom stereocenters. The molecule has 0 N–H and O–H groups in total. The highest BCUT2D eigenvalue weighted by Crippen LogP contribution is 2.32. The number of aromatic nitrogens is 2. The molecule has 5 rings (SSSR count). The maximum atomic E-state index is 13.4. The van der Waals surface area contributed by atoms with Gasteiger partial charge in [-0.2, -0.15) is 0 Å². The van der Waals surface area contributed by atoms with E-state index in [0.29, 0.717) is 50.3 Å². The maximum Gasteiger partial charge on any atom is 0.242 e. The number of carbonyl (C=O) groups excluding carboxylic acids is 1. The van der Waals surface area contributed by atoms with Gasteiger partial charge in [-0.3, -0.25) is 4.79 Å². The van der Waals surface area contributed by atoms with Gasteiger partial charge >= 0.3 is 0 Å². The van der Waals surface area contributed by atoms with Crippen LogP contribution in [0.1, 0.15) is 5.56 Å². The molecule has 0 aliphatic carbocycles. The number of para-hydroxylation sites is 3. The molecule has 168 valence electrons. The summed E-state index contributed by atoms with van der Waals surface area (Å²) in [6.07, 6.45) is 3.63. The molecule has 0 fully saturated rings. The number of benzene rings is 2. The Morgan fingerprint density at radius 2 is 1.76 bits per heavy atom. The topological polar surface area (TPSA) is 65.8 Å². The first kappa shape index (κ1) is 21.0. The lowest BCUT2D eigenvalue weighted by molar-refractivity contribution is -0.133. The van der Waals surface area contributed by atoms with Gasteiger partial charge in [-0.1, -0.05) is 36.4 Å². The van der Waals surface area contributed by atoms with Gasteiger partial charge in [-0.05, 0) is 35.7 Å². The molecule has 7 nitrogen and oxygen atoms in total. The summed E-state index contributed by atoms with van der Waals surface area (Å²) in [7, 11) is 0. The second-order valence-electron chi connectivity index (χ2n) is 7.80. The smallest absolute Gasteiger partial charge is 0.242 e. The predicted octanol–water partition coefficient (Wildman–Crippen LogP) is 4.27. The quantitative estimate of drug-likeness (QED) is 0.463. The van der Waals surface area contributed by atoms with Gasteiger partial charge in [-0.25, -0.2) is 4.98 Å². The molecule has 0 saturated heterocycles. The van der Waals surface area contributed by atoms with Gasteiger partial charge in [0.15, 0.2) is 11.5 Å². The van der Waals surface area contributed by atoms with Gasteiger partial charge in [0.2, 0.25) is 11.8 Å². The lowest BCUT2D eigenvalue weighted by Crippen LogP contribution is -2.36. The zero-order chi connectivity index (χ0) is 22.5. The number of fused-ring (bicyclic) bond motifs is 3. The summed E-state index contributed by atoms with van der Waals surface area (Å²) in [6.45, 7) is 2.30. The number of nitrogens with zero attached hydrogens (tertiary/aromatic N) is 3. The zero-order valence-electron chi connectivity index (χ0n) is 18.2. The minimum absolute atomic E-state index is 0.00118. The first-order valence-electron chi connectivity index (χ1n) is 11.0. The molecule has 0 spiro atoms. The van der Waals surface area contributed by atoms with E-state index in [0.717, 1.165) is 16.5 Å². The highest BCUT2D eigenvalue weighted by molar-refractivity contribution is 5.83. The minimum atomic E-state index is 0.00118. The number of carbonyl (C=O) groups is 1. The van der Waals surface area contributed by atoms with E-state index in [1.165, 1.54) is 0 Å². The van der Waals surface area contributed by atoms with Crippen molar-refractivity contribution in [2.75, 3.05) is 26.4 Å². The van der Waals surface area contributed by atoms with Crippen LogP contribution in [-0.4, -0.2) is 46.7 Å². The summed E-state index contributed by atoms with van der Waals surface area (Å²) in [5, 5.41) is 1.11. The first-order chi connectivity index (χ1) is 16.3. The van der Waals surface area contributed by atoms with E-state index < -0.39 is 0 Å². The van der Waals surface area contributed by atoms with Crippen LogP contribution in [0.4, 0.5) is 0 Å². The fraction of sp³-hybridized carbons (Fsp3) is 0.231. The summed E-state index contributed by atoms with van der Waals surface area (Å²) in [6, 6.07) is 21.3. The Balaban J connectivity index is 1.42. The van der Waals surface area contributed by atoms with Crippen molar-refractivity contribution in [3.63, 3.8) is 0 Å². The molecule has 3 heterocycles. The van der Waals surface area contributed by atoms with Crippen molar-refractivity contribution in [2.24, 2.45) is 0 Å². The molecular formula is C26H25N3O4. The van der Waals surface area contributed by atoms with Crippen LogP contribution >= 0.6 is 0 Å². The Morgan fingerprint density at radius 1 is 0.909 bits per heavy atom. The van der Waals surface area contributed by atoms with Crippen molar-refractivity contribution in [1.82, 2.24) is 14.5 Å². The highest BCUT2D eigenvalue weighted by atomic mass is 16.5. The van der Waals surface area contributed by atoms with E-state index in [4.69, 9.17) is 14.2 Å². The summed E-state index contributed by atoms with van der Waals surface area (Å²) in [5.41, 5.74) is 1.85. The van der Waals surface area contributed by atoms with Crippen LogP contribution in [0, 0.1) is 0 Å². The average Bonchev–Trinajstić information content (AvgIpc) is 3.25. The lowest BCUT2D eigenvalue weighted by Gasteiger charge is -2.24. The molecule has 0 bridgehead atoms. The van der Waals surface area contributed by atoms with Crippen LogP contribution in [-0.2, 0) is 22.6 Å². The van der Waals surface area contributed by atoms with E-state index in [2.05, 4.69) is 4.98 Å². The van der Waals surface area contributed by atoms with Crippen molar-refractivity contribution in [3.05, 3.63) is 84.7 Å². The Kier molecular flexibility index (Phi) is 6.21. The monoisotopic (exact) mass is 443 g/mol. The number of hydrogen-bond acceptors (Lipinski definition) is 5. The van der Waals surface area contributed by atoms with E-state index in [1.54, 1.807) is 11.1 Å². The van der Waals surface area contributed by atoms with E-state index in [-0.39, 0.29) is 12.5 Å². The van der Waals surface area contributed by atoms with Crippen LogP contribution < -0.4 is 9.47 Å². The van der Waals surface area contributed by atoms with Gasteiger partial charge in [0.1, 0.15) is 13.2 Å². The predicted molar refractivity (Wildman–Crippen MR) is 124 cm³/mol. The highest BCUT2D eigenvalue weighted by Gasteiger charge is 2.19. The third-order valence-electron chi connectivity index (χ3n) is 5.60. The van der Waals surface area contributed by atoms with Crippen molar-refractivity contribution < 1.29 is 19.0 Å². The Hall–Kier alpha value is -3.84. The third-order valence-corrected chi connectivity index (χ3v) is 5.60. The molecule has 7 heteroatoms. The number of ether oxygens (including phenoxy) is 3. The molecule has 2 aromatic carbocycles. The number of amides is 1. The normalized spacial score (nSPS) is 14.6. The van der Waals surface area contributed by atoms with Crippen molar-refractivity contribution >= 4 is 16.8 Å². The molecule has 2 aromatic heterocycles. The van der Waals surface area contributed by atoms with Crippen LogP contribution in [0.15, 0.2) is 79.1 Å². The summed E-state index contributed by atoms with van der Waals surface area (Å²) >= 11 is 0. The standard InChI is InChI=1S/C26H25N3O4/c30-25(19-28-13-11-20-6-1-2-8-22(20)28)29-14-15-31-16-17-32-23-9-3-4-10-24(23)33-26-21(18-29)7-5-12-27-26/h1-13H,14-19H2. The van der Waals surface area contributed by atoms with Crippen molar-refractivity contribution in [3.8, 4) is 17.4 Å². The van der Waals surface area contributed by atoms with E-state index in [1.807, 2.05) is 77.5 Å². The van der Waals surface area contributed by atoms with Gasteiger partial charge in [-0.15, -0.1) is 0 Å². The van der Waals surface area contributed by atoms with Gasteiger partial charge in [0, 0.05) is 30.0 Å². The van der Waals surface area contributed by atoms with Crippen LogP contribution in [0.2, 0.25) is 0 Å². The first-order valence-corrected chi connectivity index (χ1v) is 11.0. The summed E-state index contributed by atoms with van der Waals surface area (Å²) < 4.78 is 19.7. The Labute approximate surface area is 192 Å². The maximum absolute atomic E-state index is 13.4. The van der Waals surface area contributed by atoms with Crippen LogP contribution in [0.5, 0.6) is 17.4 Å². The fourth-order valence-electron chi connectivity index (χ4n) is 3.90. The van der Waals surface area contributed by atoms with Gasteiger partial charge in [0.05, 0.1) is 19.8 Å². The average molecular weight is 444 g/mol. The zero-order valence-corrected chi connectivity index (χ0v) is 18.2. The number of rotatable bonds is 2. The van der Waals surface area contributed by atoms with Gasteiger partial charge in [0.25, 0.3) is 0 Å². The lowest BCUT2D eigenvalue weighted by atomic mass is 10.2. The molecule has 1 amide bonds. The molecule has 0 saturated carbocycles. The van der Waals surface area contributed by atoms with E-state index >= 15 is 0 Å². The SMILES string of the molecule is O=C(Cn1ccc2ccccc21)N1CCOCCOc2ccccc2Oc2ncccc2C1. The second-order valence-corrected chi connectivity index (χ2v) is 7.80. The minimum Gasteiger partial charge on any atom is -0.487 e. The van der Waals surface area contributed by atoms with Crippen LogP contribution in [0.3, 0.4) is 0 Å². The van der Waals surface area contributed by atoms with Crippen LogP contribution in [0.25, 0.3) is 10.9 Å². The second kappa shape index (κ2) is 9.75. The van der Waals surface area contributed by atoms with Crippen molar-refractivity contribution in [1.29, 1.82) is 0 Å². The molecule has 33 heavy (non-hydrogen) atoms. The summed E-state index contributed by atoms with van der Waals surface area (Å²) in [4.78, 5) is 19.6. The Bertz CT molecular complexity index is 1250. The fourth-order valence-corrected chi connectivity index (χ4v) is 3.90. The van der Waals surface area contributed by atoms with Crippen molar-refractivity contribution in [2.45, 2.75) is 13.1 Å². The molecular weight excluding hydrogens is 418 g/mol.